The molecule has 0 aliphatic heterocycles. The fraction of sp³-hybridized carbons (Fsp3) is 0.435. The topological polar surface area (TPSA) is 35.5 Å². The first-order valence-electron chi connectivity index (χ1n) is 9.59. The van der Waals surface area contributed by atoms with Crippen molar-refractivity contribution < 1.29 is 14.3 Å². The Balaban J connectivity index is 1.95. The Labute approximate surface area is 166 Å². The summed E-state index contributed by atoms with van der Waals surface area (Å²) in [6.07, 6.45) is 1.71. The zero-order valence-electron chi connectivity index (χ0n) is 16.4. The molecule has 0 heterocycles. The summed E-state index contributed by atoms with van der Waals surface area (Å²) in [7, 11) is 0. The number of rotatable bonds is 6. The number of fused-ring (bicyclic) bond motifs is 1. The van der Waals surface area contributed by atoms with E-state index in [-0.39, 0.29) is 11.9 Å². The van der Waals surface area contributed by atoms with Gasteiger partial charge < -0.3 is 9.47 Å². The van der Waals surface area contributed by atoms with Crippen molar-refractivity contribution in [2.24, 2.45) is 0 Å². The number of hydrogen-bond acceptors (Lipinski definition) is 3. The van der Waals surface area contributed by atoms with Crippen LogP contribution in [0.15, 0.2) is 42.5 Å². The largest absolute Gasteiger partial charge is 0.475 e. The molecule has 1 aliphatic rings. The standard InChI is InChI=1S/C23H27ClO3/c1-5-26-22(25)23(4,27-19-10-6-16(7-11-19)15(2)3)21-13-8-17-14-18(24)9-12-20(17)21/h6-7,9-12,14-15,21H,5,8,13H2,1-4H3. The molecule has 2 aromatic carbocycles. The van der Waals surface area contributed by atoms with E-state index in [2.05, 4.69) is 13.8 Å². The molecule has 0 spiro atoms. The minimum absolute atomic E-state index is 0.0754. The maximum atomic E-state index is 12.9. The third-order valence-electron chi connectivity index (χ3n) is 5.41. The van der Waals surface area contributed by atoms with Crippen molar-refractivity contribution in [2.45, 2.75) is 58.0 Å². The summed E-state index contributed by atoms with van der Waals surface area (Å²) in [5.41, 5.74) is 2.45. The highest BCUT2D eigenvalue weighted by atomic mass is 35.5. The summed E-state index contributed by atoms with van der Waals surface area (Å²) in [4.78, 5) is 12.9. The number of esters is 1. The highest BCUT2D eigenvalue weighted by molar-refractivity contribution is 6.30. The summed E-state index contributed by atoms with van der Waals surface area (Å²) in [6, 6.07) is 13.8. The maximum Gasteiger partial charge on any atom is 0.350 e. The normalized spacial score (nSPS) is 18.1. The van der Waals surface area contributed by atoms with Crippen LogP contribution in [0.2, 0.25) is 5.02 Å². The molecule has 27 heavy (non-hydrogen) atoms. The Morgan fingerprint density at radius 2 is 1.93 bits per heavy atom. The molecule has 0 amide bonds. The lowest BCUT2D eigenvalue weighted by Gasteiger charge is -2.34. The van der Waals surface area contributed by atoms with Crippen LogP contribution < -0.4 is 4.74 Å². The van der Waals surface area contributed by atoms with Gasteiger partial charge in [0.05, 0.1) is 6.61 Å². The van der Waals surface area contributed by atoms with E-state index in [1.54, 1.807) is 0 Å². The highest BCUT2D eigenvalue weighted by Crippen LogP contribution is 2.44. The molecule has 3 nitrogen and oxygen atoms in total. The van der Waals surface area contributed by atoms with Crippen molar-refractivity contribution in [3.8, 4) is 5.75 Å². The second-order valence-corrected chi connectivity index (χ2v) is 8.02. The number of benzene rings is 2. The number of aryl methyl sites for hydroxylation is 1. The van der Waals surface area contributed by atoms with Crippen LogP contribution in [0.1, 0.15) is 62.6 Å². The molecule has 0 radical (unpaired) electrons. The Hall–Kier alpha value is -2.00. The number of carbonyl (C=O) groups is 1. The first kappa shape index (κ1) is 19.8. The molecule has 0 saturated heterocycles. The van der Waals surface area contributed by atoms with E-state index in [0.29, 0.717) is 18.3 Å². The summed E-state index contributed by atoms with van der Waals surface area (Å²) < 4.78 is 11.7. The Morgan fingerprint density at radius 1 is 1.22 bits per heavy atom. The van der Waals surface area contributed by atoms with Gasteiger partial charge in [-0.25, -0.2) is 4.79 Å². The van der Waals surface area contributed by atoms with Gasteiger partial charge in [-0.05, 0) is 73.6 Å². The third-order valence-corrected chi connectivity index (χ3v) is 5.64. The van der Waals surface area contributed by atoms with Gasteiger partial charge >= 0.3 is 5.97 Å². The number of carbonyl (C=O) groups excluding carboxylic acids is 1. The van der Waals surface area contributed by atoms with E-state index < -0.39 is 5.60 Å². The maximum absolute atomic E-state index is 12.9. The summed E-state index contributed by atoms with van der Waals surface area (Å²) >= 11 is 6.14. The Morgan fingerprint density at radius 3 is 2.56 bits per heavy atom. The predicted octanol–water partition coefficient (Wildman–Crippen LogP) is 5.89. The van der Waals surface area contributed by atoms with E-state index in [4.69, 9.17) is 21.1 Å². The molecule has 0 fully saturated rings. The summed E-state index contributed by atoms with van der Waals surface area (Å²) in [5, 5.41) is 0.720. The van der Waals surface area contributed by atoms with Crippen molar-refractivity contribution >= 4 is 17.6 Å². The molecule has 1 aliphatic carbocycles. The SMILES string of the molecule is CCOC(=O)C(C)(Oc1ccc(C(C)C)cc1)C1CCc2cc(Cl)ccc21. The van der Waals surface area contributed by atoms with E-state index >= 15 is 0 Å². The molecule has 0 N–H and O–H groups in total. The second kappa shape index (κ2) is 7.93. The molecule has 2 atom stereocenters. The smallest absolute Gasteiger partial charge is 0.350 e. The zero-order chi connectivity index (χ0) is 19.6. The number of halogens is 1. The molecule has 4 heteroatoms. The molecule has 0 bridgehead atoms. The van der Waals surface area contributed by atoms with Gasteiger partial charge in [0.25, 0.3) is 0 Å². The van der Waals surface area contributed by atoms with Crippen molar-refractivity contribution in [1.82, 2.24) is 0 Å². The predicted molar refractivity (Wildman–Crippen MR) is 109 cm³/mol. The van der Waals surface area contributed by atoms with Gasteiger partial charge in [0.1, 0.15) is 5.75 Å². The molecular formula is C23H27ClO3. The molecule has 2 unspecified atom stereocenters. The lowest BCUT2D eigenvalue weighted by atomic mass is 9.84. The van der Waals surface area contributed by atoms with Gasteiger partial charge in [-0.3, -0.25) is 0 Å². The van der Waals surface area contributed by atoms with E-state index in [1.807, 2.05) is 56.3 Å². The van der Waals surface area contributed by atoms with Gasteiger partial charge in [0.2, 0.25) is 5.60 Å². The average Bonchev–Trinajstić information content (AvgIpc) is 3.05. The lowest BCUT2D eigenvalue weighted by Crippen LogP contribution is -2.47. The first-order chi connectivity index (χ1) is 12.8. The van der Waals surface area contributed by atoms with E-state index in [1.165, 1.54) is 11.1 Å². The van der Waals surface area contributed by atoms with Gasteiger partial charge in [-0.15, -0.1) is 0 Å². The lowest BCUT2D eigenvalue weighted by molar-refractivity contribution is -0.162. The fourth-order valence-electron chi connectivity index (χ4n) is 3.85. The minimum Gasteiger partial charge on any atom is -0.475 e. The average molecular weight is 387 g/mol. The van der Waals surface area contributed by atoms with Crippen LogP contribution in [0.3, 0.4) is 0 Å². The van der Waals surface area contributed by atoms with Crippen LogP contribution in [-0.2, 0) is 16.0 Å². The highest BCUT2D eigenvalue weighted by Gasteiger charge is 2.48. The third kappa shape index (κ3) is 3.98. The van der Waals surface area contributed by atoms with Crippen molar-refractivity contribution in [1.29, 1.82) is 0 Å². The molecule has 2 aromatic rings. The van der Waals surface area contributed by atoms with Crippen molar-refractivity contribution in [3.63, 3.8) is 0 Å². The van der Waals surface area contributed by atoms with E-state index in [9.17, 15) is 4.79 Å². The Kier molecular flexibility index (Phi) is 5.81. The van der Waals surface area contributed by atoms with Gasteiger partial charge in [0.15, 0.2) is 0 Å². The van der Waals surface area contributed by atoms with Crippen molar-refractivity contribution in [2.75, 3.05) is 6.61 Å². The number of hydrogen-bond donors (Lipinski definition) is 0. The number of ether oxygens (including phenoxy) is 2. The quantitative estimate of drug-likeness (QED) is 0.580. The Bertz CT molecular complexity index is 813. The van der Waals surface area contributed by atoms with Crippen LogP contribution in [-0.4, -0.2) is 18.2 Å². The van der Waals surface area contributed by atoms with Crippen LogP contribution in [0.25, 0.3) is 0 Å². The summed E-state index contributed by atoms with van der Waals surface area (Å²) in [5.74, 6) is 0.721. The molecular weight excluding hydrogens is 360 g/mol. The van der Waals surface area contributed by atoms with E-state index in [0.717, 1.165) is 23.4 Å². The molecule has 144 valence electrons. The zero-order valence-corrected chi connectivity index (χ0v) is 17.2. The first-order valence-corrected chi connectivity index (χ1v) is 9.97. The van der Waals surface area contributed by atoms with Gasteiger partial charge in [0, 0.05) is 10.9 Å². The fourth-order valence-corrected chi connectivity index (χ4v) is 4.05. The molecule has 0 aromatic heterocycles. The van der Waals surface area contributed by atoms with Crippen LogP contribution in [0, 0.1) is 0 Å². The minimum atomic E-state index is -1.09. The van der Waals surface area contributed by atoms with Crippen LogP contribution >= 0.6 is 11.6 Å². The van der Waals surface area contributed by atoms with Crippen LogP contribution in [0.5, 0.6) is 5.75 Å². The monoisotopic (exact) mass is 386 g/mol. The van der Waals surface area contributed by atoms with Gasteiger partial charge in [-0.2, -0.15) is 0 Å². The molecule has 3 rings (SSSR count). The van der Waals surface area contributed by atoms with Gasteiger partial charge in [-0.1, -0.05) is 43.6 Å². The molecule has 0 saturated carbocycles. The van der Waals surface area contributed by atoms with Crippen molar-refractivity contribution in [3.05, 3.63) is 64.2 Å². The van der Waals surface area contributed by atoms with Crippen LogP contribution in [0.4, 0.5) is 0 Å². The summed E-state index contributed by atoms with van der Waals surface area (Å²) in [6.45, 7) is 8.29. The second-order valence-electron chi connectivity index (χ2n) is 7.59.